The Kier molecular flexibility index (Phi) is 7.32. The molecule has 1 saturated heterocycles. The second-order valence-corrected chi connectivity index (χ2v) is 7.80. The van der Waals surface area contributed by atoms with Crippen LogP contribution >= 0.6 is 11.8 Å². The fraction of sp³-hybridized carbons (Fsp3) is 0.579. The summed E-state index contributed by atoms with van der Waals surface area (Å²) >= 11 is 1.69. The molecule has 1 N–H and O–H groups in total. The summed E-state index contributed by atoms with van der Waals surface area (Å²) in [5, 5.41) is 2.96. The number of thioether (sulfide) groups is 1. The fourth-order valence-corrected chi connectivity index (χ4v) is 4.48. The molecule has 0 aromatic heterocycles. The van der Waals surface area contributed by atoms with Crippen LogP contribution in [0.2, 0.25) is 0 Å². The maximum absolute atomic E-state index is 13.2. The Morgan fingerprint density at radius 1 is 1.36 bits per heavy atom. The van der Waals surface area contributed by atoms with Crippen LogP contribution in [0.1, 0.15) is 36.2 Å². The van der Waals surface area contributed by atoms with Gasteiger partial charge in [-0.1, -0.05) is 32.0 Å². The molecule has 1 fully saturated rings. The van der Waals surface area contributed by atoms with Crippen LogP contribution in [0.4, 0.5) is 0 Å². The molecule has 1 aliphatic heterocycles. The molecule has 0 radical (unpaired) electrons. The molecule has 5 nitrogen and oxygen atoms in total. The van der Waals surface area contributed by atoms with E-state index in [4.69, 9.17) is 4.74 Å². The maximum atomic E-state index is 13.2. The number of carbonyl (C=O) groups excluding carboxylic acids is 2. The molecule has 2 rings (SSSR count). The lowest BCUT2D eigenvalue weighted by Crippen LogP contribution is -2.51. The Morgan fingerprint density at radius 3 is 2.72 bits per heavy atom. The molecule has 6 heteroatoms. The van der Waals surface area contributed by atoms with Crippen LogP contribution in [0.25, 0.3) is 0 Å². The standard InChI is InChI=1S/C19H28N2O3S/c1-13(2)19-21(18(23)15-9-6-5-8-14(15)3)16(12-25-19)17(22)20-10-7-11-24-4/h5-6,8-9,13,16,19H,7,10-12H2,1-4H3,(H,20,22). The minimum Gasteiger partial charge on any atom is -0.385 e. The third kappa shape index (κ3) is 4.76. The molecule has 0 saturated carbocycles. The number of hydrogen-bond acceptors (Lipinski definition) is 4. The Bertz CT molecular complexity index is 606. The van der Waals surface area contributed by atoms with Crippen LogP contribution < -0.4 is 5.32 Å². The van der Waals surface area contributed by atoms with Gasteiger partial charge in [-0.3, -0.25) is 9.59 Å². The van der Waals surface area contributed by atoms with Crippen molar-refractivity contribution in [2.24, 2.45) is 5.92 Å². The summed E-state index contributed by atoms with van der Waals surface area (Å²) in [6.07, 6.45) is 0.765. The summed E-state index contributed by atoms with van der Waals surface area (Å²) in [5.74, 6) is 0.785. The van der Waals surface area contributed by atoms with Crippen LogP contribution in [0, 0.1) is 12.8 Å². The lowest BCUT2D eigenvalue weighted by molar-refractivity contribution is -0.125. The smallest absolute Gasteiger partial charge is 0.255 e. The van der Waals surface area contributed by atoms with Crippen molar-refractivity contribution in [1.29, 1.82) is 0 Å². The molecule has 25 heavy (non-hydrogen) atoms. The largest absolute Gasteiger partial charge is 0.385 e. The summed E-state index contributed by atoms with van der Waals surface area (Å²) in [5.41, 5.74) is 1.61. The van der Waals surface area contributed by atoms with E-state index < -0.39 is 6.04 Å². The first-order chi connectivity index (χ1) is 12.0. The van der Waals surface area contributed by atoms with Gasteiger partial charge in [-0.2, -0.15) is 0 Å². The molecule has 1 aromatic rings. The summed E-state index contributed by atoms with van der Waals surface area (Å²) in [4.78, 5) is 27.6. The highest BCUT2D eigenvalue weighted by Crippen LogP contribution is 2.35. The Morgan fingerprint density at radius 2 is 2.08 bits per heavy atom. The first-order valence-electron chi connectivity index (χ1n) is 8.74. The topological polar surface area (TPSA) is 58.6 Å². The third-order valence-corrected chi connectivity index (χ3v) is 5.96. The van der Waals surface area contributed by atoms with Crippen LogP contribution in [-0.4, -0.2) is 54.1 Å². The number of nitrogens with one attached hydrogen (secondary N) is 1. The van der Waals surface area contributed by atoms with Crippen LogP contribution in [0.5, 0.6) is 0 Å². The molecular weight excluding hydrogens is 336 g/mol. The van der Waals surface area contributed by atoms with Gasteiger partial charge in [0, 0.05) is 31.6 Å². The minimum atomic E-state index is -0.424. The molecule has 0 spiro atoms. The van der Waals surface area contributed by atoms with E-state index in [0.29, 0.717) is 24.5 Å². The summed E-state index contributed by atoms with van der Waals surface area (Å²) in [7, 11) is 1.64. The van der Waals surface area contributed by atoms with E-state index >= 15 is 0 Å². The molecule has 138 valence electrons. The molecular formula is C19H28N2O3S. The van der Waals surface area contributed by atoms with Crippen molar-refractivity contribution >= 4 is 23.6 Å². The molecule has 2 amide bonds. The SMILES string of the molecule is COCCCNC(=O)C1CSC(C(C)C)N1C(=O)c1ccccc1C. The van der Waals surface area contributed by atoms with E-state index in [2.05, 4.69) is 19.2 Å². The van der Waals surface area contributed by atoms with Gasteiger partial charge in [0.25, 0.3) is 5.91 Å². The monoisotopic (exact) mass is 364 g/mol. The molecule has 1 aliphatic rings. The van der Waals surface area contributed by atoms with Gasteiger partial charge < -0.3 is 15.0 Å². The highest BCUT2D eigenvalue weighted by atomic mass is 32.2. The van der Waals surface area contributed by atoms with Crippen molar-refractivity contribution in [2.45, 2.75) is 38.6 Å². The van der Waals surface area contributed by atoms with E-state index in [9.17, 15) is 9.59 Å². The lowest BCUT2D eigenvalue weighted by atomic mass is 10.0. The van der Waals surface area contributed by atoms with Crippen molar-refractivity contribution in [3.8, 4) is 0 Å². The van der Waals surface area contributed by atoms with E-state index in [1.807, 2.05) is 31.2 Å². The van der Waals surface area contributed by atoms with Crippen LogP contribution in [0.15, 0.2) is 24.3 Å². The van der Waals surface area contributed by atoms with Gasteiger partial charge in [0.05, 0.1) is 5.37 Å². The van der Waals surface area contributed by atoms with E-state index in [1.165, 1.54) is 0 Å². The molecule has 0 bridgehead atoms. The van der Waals surface area contributed by atoms with Crippen molar-refractivity contribution < 1.29 is 14.3 Å². The summed E-state index contributed by atoms with van der Waals surface area (Å²) in [6.45, 7) is 7.29. The third-order valence-electron chi connectivity index (χ3n) is 4.34. The lowest BCUT2D eigenvalue weighted by Gasteiger charge is -2.31. The molecule has 1 heterocycles. The number of nitrogens with zero attached hydrogens (tertiary/aromatic N) is 1. The Labute approximate surface area is 154 Å². The molecule has 2 atom stereocenters. The maximum Gasteiger partial charge on any atom is 0.255 e. The van der Waals surface area contributed by atoms with E-state index in [1.54, 1.807) is 23.8 Å². The molecule has 0 aliphatic carbocycles. The number of hydrogen-bond donors (Lipinski definition) is 1. The average molecular weight is 365 g/mol. The minimum absolute atomic E-state index is 0.0156. The number of amides is 2. The highest BCUT2D eigenvalue weighted by Gasteiger charge is 2.43. The van der Waals surface area contributed by atoms with Gasteiger partial charge in [0.1, 0.15) is 6.04 Å². The first kappa shape index (κ1) is 19.8. The van der Waals surface area contributed by atoms with Gasteiger partial charge >= 0.3 is 0 Å². The first-order valence-corrected chi connectivity index (χ1v) is 9.78. The van der Waals surface area contributed by atoms with E-state index in [0.717, 1.165) is 12.0 Å². The van der Waals surface area contributed by atoms with Crippen LogP contribution in [0.3, 0.4) is 0 Å². The zero-order valence-electron chi connectivity index (χ0n) is 15.5. The number of methoxy groups -OCH3 is 1. The van der Waals surface area contributed by atoms with Gasteiger partial charge in [-0.05, 0) is 30.9 Å². The van der Waals surface area contributed by atoms with Gasteiger partial charge in [-0.25, -0.2) is 0 Å². The number of rotatable bonds is 7. The fourth-order valence-electron chi connectivity index (χ4n) is 3.00. The van der Waals surface area contributed by atoms with Gasteiger partial charge in [-0.15, -0.1) is 11.8 Å². The zero-order valence-corrected chi connectivity index (χ0v) is 16.3. The summed E-state index contributed by atoms with van der Waals surface area (Å²) in [6, 6.07) is 7.14. The van der Waals surface area contributed by atoms with E-state index in [-0.39, 0.29) is 23.1 Å². The van der Waals surface area contributed by atoms with Crippen LogP contribution in [-0.2, 0) is 9.53 Å². The van der Waals surface area contributed by atoms with Crippen molar-refractivity contribution in [1.82, 2.24) is 10.2 Å². The number of ether oxygens (including phenoxy) is 1. The Hall–Kier alpha value is -1.53. The van der Waals surface area contributed by atoms with Crippen molar-refractivity contribution in [2.75, 3.05) is 26.0 Å². The van der Waals surface area contributed by atoms with Crippen molar-refractivity contribution in [3.05, 3.63) is 35.4 Å². The molecule has 2 unspecified atom stereocenters. The Balaban J connectivity index is 2.17. The predicted molar refractivity (Wildman–Crippen MR) is 102 cm³/mol. The highest BCUT2D eigenvalue weighted by molar-refractivity contribution is 8.00. The average Bonchev–Trinajstić information content (AvgIpc) is 3.04. The van der Waals surface area contributed by atoms with Gasteiger partial charge in [0.15, 0.2) is 0 Å². The second-order valence-electron chi connectivity index (χ2n) is 6.65. The molecule has 1 aromatic carbocycles. The number of aryl methyl sites for hydroxylation is 1. The number of benzene rings is 1. The zero-order chi connectivity index (χ0) is 18.4. The predicted octanol–water partition coefficient (Wildman–Crippen LogP) is 2.69. The van der Waals surface area contributed by atoms with Gasteiger partial charge in [0.2, 0.25) is 5.91 Å². The number of carbonyl (C=O) groups is 2. The second kappa shape index (κ2) is 9.25. The summed E-state index contributed by atoms with van der Waals surface area (Å²) < 4.78 is 5.01. The van der Waals surface area contributed by atoms with Crippen molar-refractivity contribution in [3.63, 3.8) is 0 Å². The normalized spacial score (nSPS) is 20.1. The quantitative estimate of drug-likeness (QED) is 0.756.